The molecule has 2 saturated heterocycles. The van der Waals surface area contributed by atoms with Crippen molar-refractivity contribution < 1.29 is 18.7 Å². The third-order valence-electron chi connectivity index (χ3n) is 5.97. The van der Waals surface area contributed by atoms with Gasteiger partial charge in [-0.2, -0.15) is 0 Å². The molecular formula is C24H25BrFN3O3S. The number of nitrogens with one attached hydrogen (secondary N) is 1. The molecule has 0 spiro atoms. The molecule has 0 radical (unpaired) electrons. The minimum Gasteiger partial charge on any atom is -0.444 e. The fraction of sp³-hybridized carbons (Fsp3) is 0.458. The number of thiophene rings is 1. The number of ether oxygens (including phenoxy) is 1. The number of amides is 2. The van der Waals surface area contributed by atoms with Gasteiger partial charge in [0, 0.05) is 23.7 Å². The molecule has 174 valence electrons. The first kappa shape index (κ1) is 23.7. The van der Waals surface area contributed by atoms with Crippen molar-refractivity contribution in [3.63, 3.8) is 0 Å². The average Bonchev–Trinajstić information content (AvgIpc) is 3.23. The number of benzene rings is 1. The first-order valence-electron chi connectivity index (χ1n) is 10.8. The molecule has 1 aromatic carbocycles. The molecule has 0 aliphatic carbocycles. The molecule has 2 fully saturated rings. The van der Waals surface area contributed by atoms with Crippen LogP contribution in [-0.2, 0) is 4.74 Å². The lowest BCUT2D eigenvalue weighted by Gasteiger charge is -2.39. The predicted molar refractivity (Wildman–Crippen MR) is 129 cm³/mol. The number of rotatable bonds is 3. The smallest absolute Gasteiger partial charge is 0.407 e. The zero-order valence-corrected chi connectivity index (χ0v) is 21.1. The van der Waals surface area contributed by atoms with Crippen LogP contribution in [0.15, 0.2) is 28.1 Å². The molecule has 2 bridgehead atoms. The zero-order valence-electron chi connectivity index (χ0n) is 18.7. The SMILES string of the molecule is [C-]#[N+]c1ccc(-c2cc(C(=O)N3C4CCC3CC(NC(=O)OC(C)(C)C)C4)sc2Br)cc1F. The molecule has 6 nitrogen and oxygen atoms in total. The monoisotopic (exact) mass is 533 g/mol. The molecule has 2 aliphatic rings. The molecule has 2 atom stereocenters. The van der Waals surface area contributed by atoms with Crippen molar-refractivity contribution in [2.24, 2.45) is 0 Å². The van der Waals surface area contributed by atoms with E-state index >= 15 is 0 Å². The zero-order chi connectivity index (χ0) is 23.9. The number of hydrogen-bond donors (Lipinski definition) is 1. The van der Waals surface area contributed by atoms with E-state index in [4.69, 9.17) is 11.3 Å². The summed E-state index contributed by atoms with van der Waals surface area (Å²) in [5.74, 6) is -0.612. The van der Waals surface area contributed by atoms with Gasteiger partial charge in [-0.1, -0.05) is 12.1 Å². The number of hydrogen-bond acceptors (Lipinski definition) is 4. The van der Waals surface area contributed by atoms with Gasteiger partial charge in [0.05, 0.1) is 15.2 Å². The van der Waals surface area contributed by atoms with Gasteiger partial charge in [-0.15, -0.1) is 11.3 Å². The van der Waals surface area contributed by atoms with Crippen molar-refractivity contribution in [1.82, 2.24) is 10.2 Å². The first-order chi connectivity index (χ1) is 15.6. The van der Waals surface area contributed by atoms with Crippen LogP contribution in [0.1, 0.15) is 56.1 Å². The summed E-state index contributed by atoms with van der Waals surface area (Å²) >= 11 is 4.85. The van der Waals surface area contributed by atoms with Gasteiger partial charge in [-0.25, -0.2) is 14.0 Å². The van der Waals surface area contributed by atoms with E-state index in [1.807, 2.05) is 25.7 Å². The van der Waals surface area contributed by atoms with Crippen LogP contribution < -0.4 is 5.32 Å². The third kappa shape index (κ3) is 5.07. The van der Waals surface area contributed by atoms with Crippen molar-refractivity contribution in [2.45, 2.75) is 70.2 Å². The van der Waals surface area contributed by atoms with Crippen LogP contribution in [-0.4, -0.2) is 40.6 Å². The van der Waals surface area contributed by atoms with Crippen molar-refractivity contribution in [3.8, 4) is 11.1 Å². The largest absolute Gasteiger partial charge is 0.444 e. The van der Waals surface area contributed by atoms with Crippen LogP contribution in [0.4, 0.5) is 14.9 Å². The van der Waals surface area contributed by atoms with Crippen molar-refractivity contribution in [1.29, 1.82) is 0 Å². The van der Waals surface area contributed by atoms with Crippen LogP contribution >= 0.6 is 27.3 Å². The lowest BCUT2D eigenvalue weighted by atomic mass is 9.97. The third-order valence-corrected chi connectivity index (χ3v) is 7.79. The number of carbonyl (C=O) groups is 2. The molecule has 4 rings (SSSR count). The van der Waals surface area contributed by atoms with Crippen LogP contribution in [0, 0.1) is 12.4 Å². The second-order valence-corrected chi connectivity index (χ2v) is 11.9. The fourth-order valence-electron chi connectivity index (χ4n) is 4.66. The molecule has 2 amide bonds. The second kappa shape index (κ2) is 9.07. The average molecular weight is 534 g/mol. The highest BCUT2D eigenvalue weighted by Crippen LogP contribution is 2.41. The summed E-state index contributed by atoms with van der Waals surface area (Å²) in [4.78, 5) is 31.3. The number of nitrogens with zero attached hydrogens (tertiary/aromatic N) is 2. The lowest BCUT2D eigenvalue weighted by Crippen LogP contribution is -2.52. The van der Waals surface area contributed by atoms with Gasteiger partial charge in [-0.05, 0) is 80.1 Å². The predicted octanol–water partition coefficient (Wildman–Crippen LogP) is 6.53. The minimum atomic E-state index is -0.578. The van der Waals surface area contributed by atoms with Gasteiger partial charge in [0.15, 0.2) is 0 Å². The Morgan fingerprint density at radius 3 is 2.48 bits per heavy atom. The maximum absolute atomic E-state index is 14.1. The van der Waals surface area contributed by atoms with Gasteiger partial charge < -0.3 is 15.0 Å². The molecule has 1 aromatic heterocycles. The second-order valence-electron chi connectivity index (χ2n) is 9.49. The Balaban J connectivity index is 1.48. The minimum absolute atomic E-state index is 0.0176. The van der Waals surface area contributed by atoms with Gasteiger partial charge in [0.2, 0.25) is 5.69 Å². The van der Waals surface area contributed by atoms with Crippen LogP contribution in [0.25, 0.3) is 16.0 Å². The van der Waals surface area contributed by atoms with E-state index < -0.39 is 17.5 Å². The fourth-order valence-corrected chi connectivity index (χ4v) is 6.38. The summed E-state index contributed by atoms with van der Waals surface area (Å²) < 4.78 is 20.2. The standard InChI is InChI=1S/C24H25BrFN3O3S/c1-24(2,3)32-23(31)28-14-10-15-6-7-16(11-14)29(15)22(30)20-12-17(21(25)33-20)13-5-8-19(27-4)18(26)9-13/h5,8-9,12,14-16H,6-7,10-11H2,1-3H3,(H,28,31). The van der Waals surface area contributed by atoms with E-state index in [0.29, 0.717) is 23.3 Å². The Kier molecular flexibility index (Phi) is 6.52. The Labute approximate surface area is 205 Å². The molecule has 2 aromatic rings. The summed E-state index contributed by atoms with van der Waals surface area (Å²) in [7, 11) is 0. The van der Waals surface area contributed by atoms with E-state index in [1.54, 1.807) is 12.1 Å². The maximum Gasteiger partial charge on any atom is 0.407 e. The Morgan fingerprint density at radius 1 is 1.24 bits per heavy atom. The molecule has 33 heavy (non-hydrogen) atoms. The summed E-state index contributed by atoms with van der Waals surface area (Å²) in [5.41, 5.74) is 0.766. The quantitative estimate of drug-likeness (QED) is 0.456. The van der Waals surface area contributed by atoms with Gasteiger partial charge in [-0.3, -0.25) is 4.79 Å². The summed E-state index contributed by atoms with van der Waals surface area (Å²) in [6, 6.07) is 6.36. The highest BCUT2D eigenvalue weighted by molar-refractivity contribution is 9.11. The number of carbonyl (C=O) groups excluding carboxylic acids is 2. The summed E-state index contributed by atoms with van der Waals surface area (Å²) in [6.45, 7) is 12.5. The first-order valence-corrected chi connectivity index (χ1v) is 12.5. The number of alkyl carbamates (subject to hydrolysis) is 1. The van der Waals surface area contributed by atoms with Crippen LogP contribution in [0.5, 0.6) is 0 Å². The lowest BCUT2D eigenvalue weighted by molar-refractivity contribution is 0.0420. The van der Waals surface area contributed by atoms with Gasteiger partial charge in [0.1, 0.15) is 11.4 Å². The Hall–Kier alpha value is -2.44. The molecule has 2 unspecified atom stereocenters. The Bertz CT molecular complexity index is 1120. The number of piperidine rings is 1. The van der Waals surface area contributed by atoms with Crippen molar-refractivity contribution in [2.75, 3.05) is 0 Å². The number of fused-ring (bicyclic) bond motifs is 2. The maximum atomic E-state index is 14.1. The van der Waals surface area contributed by atoms with E-state index in [2.05, 4.69) is 26.1 Å². The molecule has 0 saturated carbocycles. The van der Waals surface area contributed by atoms with E-state index in [9.17, 15) is 14.0 Å². The highest BCUT2D eigenvalue weighted by Gasteiger charge is 2.44. The summed E-state index contributed by atoms with van der Waals surface area (Å²) in [5, 5.41) is 2.96. The Morgan fingerprint density at radius 2 is 1.91 bits per heavy atom. The van der Waals surface area contributed by atoms with E-state index in [1.165, 1.54) is 23.5 Å². The molecule has 2 aliphatic heterocycles. The molecule has 3 heterocycles. The van der Waals surface area contributed by atoms with Gasteiger partial charge >= 0.3 is 6.09 Å². The van der Waals surface area contributed by atoms with Crippen molar-refractivity contribution >= 4 is 45.0 Å². The van der Waals surface area contributed by atoms with Crippen molar-refractivity contribution in [3.05, 3.63) is 50.2 Å². The summed E-state index contributed by atoms with van der Waals surface area (Å²) in [6.07, 6.45) is 2.79. The molecule has 9 heteroatoms. The normalized spacial score (nSPS) is 22.1. The van der Waals surface area contributed by atoms with Crippen LogP contribution in [0.3, 0.4) is 0 Å². The number of halogens is 2. The molecule has 1 N–H and O–H groups in total. The van der Waals surface area contributed by atoms with E-state index in [0.717, 1.165) is 22.2 Å². The van der Waals surface area contributed by atoms with E-state index in [-0.39, 0.29) is 29.7 Å². The topological polar surface area (TPSA) is 63.0 Å². The van der Waals surface area contributed by atoms with Crippen LogP contribution in [0.2, 0.25) is 0 Å². The molecular weight excluding hydrogens is 509 g/mol. The highest BCUT2D eigenvalue weighted by atomic mass is 79.9. The van der Waals surface area contributed by atoms with Gasteiger partial charge in [0.25, 0.3) is 5.91 Å².